The van der Waals surface area contributed by atoms with Crippen molar-refractivity contribution in [3.63, 3.8) is 0 Å². The maximum atomic E-state index is 10.4. The molecule has 0 radical (unpaired) electrons. The first-order valence-electron chi connectivity index (χ1n) is 1.93. The Labute approximate surface area is 51.2 Å². The van der Waals surface area contributed by atoms with Gasteiger partial charge >= 0.3 is 51.0 Å². The maximum absolute atomic E-state index is 10.4. The van der Waals surface area contributed by atoms with Crippen molar-refractivity contribution in [3.8, 4) is 0 Å². The van der Waals surface area contributed by atoms with E-state index in [1.807, 2.05) is 10.1 Å². The fraction of sp³-hybridized carbons (Fsp3) is 0. The molecule has 7 heavy (non-hydrogen) atoms. The summed E-state index contributed by atoms with van der Waals surface area (Å²) in [7, 11) is 0. The molecule has 1 rings (SSSR count). The molecule has 1 aromatic heterocycles. The quantitative estimate of drug-likeness (QED) is 0.552. The van der Waals surface area contributed by atoms with Crippen LogP contribution in [0.1, 0.15) is 0 Å². The second-order valence-corrected chi connectivity index (χ2v) is 3.72. The van der Waals surface area contributed by atoms with E-state index in [9.17, 15) is 4.79 Å². The van der Waals surface area contributed by atoms with E-state index in [2.05, 4.69) is 0 Å². The molecule has 1 heterocycles. The summed E-state index contributed by atoms with van der Waals surface area (Å²) in [6.45, 7) is 0. The van der Waals surface area contributed by atoms with Crippen LogP contribution >= 0.6 is 0 Å². The summed E-state index contributed by atoms with van der Waals surface area (Å²) in [6.07, 6.45) is 0. The van der Waals surface area contributed by atoms with Crippen LogP contribution in [0.3, 0.4) is 0 Å². The van der Waals surface area contributed by atoms with E-state index < -0.39 is 20.4 Å². The summed E-state index contributed by atoms with van der Waals surface area (Å²) >= 11 is -0.406. The van der Waals surface area contributed by atoms with Crippen LogP contribution in [0.25, 0.3) is 0 Å². The normalized spacial score (nSPS) is 8.57. The van der Waals surface area contributed by atoms with Crippen molar-refractivity contribution in [2.75, 3.05) is 0 Å². The van der Waals surface area contributed by atoms with Gasteiger partial charge in [0.15, 0.2) is 0 Å². The van der Waals surface area contributed by atoms with E-state index in [0.29, 0.717) is 3.44 Å². The van der Waals surface area contributed by atoms with E-state index in [1.54, 1.807) is 12.1 Å². The van der Waals surface area contributed by atoms with Crippen molar-refractivity contribution in [3.05, 3.63) is 30.5 Å². The van der Waals surface area contributed by atoms with Gasteiger partial charge in [-0.05, 0) is 0 Å². The van der Waals surface area contributed by atoms with Crippen molar-refractivity contribution in [2.45, 2.75) is 0 Å². The van der Waals surface area contributed by atoms with Crippen molar-refractivity contribution in [1.29, 1.82) is 0 Å². The van der Waals surface area contributed by atoms with Gasteiger partial charge in [0.2, 0.25) is 0 Å². The van der Waals surface area contributed by atoms with E-state index in [-0.39, 0.29) is 0 Å². The van der Waals surface area contributed by atoms with Gasteiger partial charge < -0.3 is 0 Å². The minimum atomic E-state index is -0.406. The van der Waals surface area contributed by atoms with Gasteiger partial charge in [0.1, 0.15) is 0 Å². The van der Waals surface area contributed by atoms with Crippen LogP contribution in [0.5, 0.6) is 0 Å². The molecular formula is C5H4OTe. The molecule has 0 saturated carbocycles. The first-order chi connectivity index (χ1) is 3.39. The third kappa shape index (κ3) is 1.46. The fourth-order valence-electron chi connectivity index (χ4n) is 0.325. The number of hydrogen-bond donors (Lipinski definition) is 0. The van der Waals surface area contributed by atoms with Gasteiger partial charge in [-0.25, -0.2) is 0 Å². The van der Waals surface area contributed by atoms with Crippen molar-refractivity contribution < 1.29 is 0 Å². The molecule has 0 spiro atoms. The predicted octanol–water partition coefficient (Wildman–Crippen LogP) is 0.104. The second-order valence-electron chi connectivity index (χ2n) is 1.12. The molecule has 36 valence electrons. The number of hydrogen-bond acceptors (Lipinski definition) is 1. The van der Waals surface area contributed by atoms with Gasteiger partial charge in [0, 0.05) is 0 Å². The molecule has 0 amide bonds. The molecule has 0 saturated heterocycles. The molecule has 0 aromatic carbocycles. The van der Waals surface area contributed by atoms with Crippen LogP contribution in [-0.4, -0.2) is 20.4 Å². The average Bonchev–Trinajstić information content (AvgIpc) is 1.69. The Morgan fingerprint density at radius 2 is 2.29 bits per heavy atom. The molecule has 0 aliphatic carbocycles. The summed E-state index contributed by atoms with van der Waals surface area (Å²) in [5.74, 6) is 0. The van der Waals surface area contributed by atoms with E-state index >= 15 is 0 Å². The molecule has 0 aliphatic heterocycles. The molecule has 2 heteroatoms. The van der Waals surface area contributed by atoms with Crippen LogP contribution in [0.15, 0.2) is 27.1 Å². The van der Waals surface area contributed by atoms with Crippen molar-refractivity contribution in [2.24, 2.45) is 0 Å². The Morgan fingerprint density at radius 1 is 1.43 bits per heavy atom. The molecule has 0 aliphatic rings. The predicted molar refractivity (Wildman–Crippen MR) is 29.7 cm³/mol. The summed E-state index contributed by atoms with van der Waals surface area (Å²) in [5, 5.41) is 0. The molecule has 0 atom stereocenters. The number of rotatable bonds is 0. The van der Waals surface area contributed by atoms with Crippen LogP contribution in [-0.2, 0) is 0 Å². The second kappa shape index (κ2) is 2.30. The van der Waals surface area contributed by atoms with E-state index in [4.69, 9.17) is 0 Å². The van der Waals surface area contributed by atoms with Crippen molar-refractivity contribution >= 4 is 20.4 Å². The topological polar surface area (TPSA) is 17.1 Å². The van der Waals surface area contributed by atoms with Gasteiger partial charge in [0.05, 0.1) is 0 Å². The summed E-state index contributed by atoms with van der Waals surface area (Å²) < 4.78 is 2.31. The van der Waals surface area contributed by atoms with Gasteiger partial charge in [-0.1, -0.05) is 0 Å². The first-order valence-corrected chi connectivity index (χ1v) is 4.44. The molecule has 0 bridgehead atoms. The van der Waals surface area contributed by atoms with Crippen molar-refractivity contribution in [1.82, 2.24) is 0 Å². The SMILES string of the molecule is O=c1cccc[te]1. The molecule has 1 aromatic rings. The monoisotopic (exact) mass is 210 g/mol. The fourth-order valence-corrected chi connectivity index (χ4v) is 1.64. The Bertz CT molecular complexity index is 174. The van der Waals surface area contributed by atoms with Gasteiger partial charge in [-0.3, -0.25) is 0 Å². The molecular weight excluding hydrogens is 204 g/mol. The first kappa shape index (κ1) is 5.08. The third-order valence-electron chi connectivity index (χ3n) is 0.606. The zero-order chi connectivity index (χ0) is 5.11. The Morgan fingerprint density at radius 3 is 2.57 bits per heavy atom. The van der Waals surface area contributed by atoms with Gasteiger partial charge in [-0.2, -0.15) is 0 Å². The standard InChI is InChI=1S/C5H4OTe/c6-5-3-1-2-4-7-5/h1-4H. The molecule has 0 N–H and O–H groups in total. The third-order valence-corrected chi connectivity index (χ3v) is 2.49. The van der Waals surface area contributed by atoms with E-state index in [0.717, 1.165) is 0 Å². The van der Waals surface area contributed by atoms with Crippen LogP contribution in [0, 0.1) is 0 Å². The van der Waals surface area contributed by atoms with Crippen LogP contribution < -0.4 is 3.44 Å². The summed E-state index contributed by atoms with van der Waals surface area (Å²) in [6, 6.07) is 5.36. The Hall–Kier alpha value is -0.0604. The van der Waals surface area contributed by atoms with Crippen LogP contribution in [0.4, 0.5) is 0 Å². The molecule has 0 unspecified atom stereocenters. The molecule has 1 nitrogen and oxygen atoms in total. The van der Waals surface area contributed by atoms with Gasteiger partial charge in [-0.15, -0.1) is 0 Å². The zero-order valence-electron chi connectivity index (χ0n) is 3.63. The average molecular weight is 208 g/mol. The molecule has 0 fully saturated rings. The van der Waals surface area contributed by atoms with E-state index in [1.165, 1.54) is 0 Å². The Balaban J connectivity index is 3.28. The zero-order valence-corrected chi connectivity index (χ0v) is 5.96. The minimum absolute atomic E-state index is 0.327. The Kier molecular flexibility index (Phi) is 1.67. The summed E-state index contributed by atoms with van der Waals surface area (Å²) in [4.78, 5) is 10.4. The summed E-state index contributed by atoms with van der Waals surface area (Å²) in [5.41, 5.74) is 0. The van der Waals surface area contributed by atoms with Gasteiger partial charge in [0.25, 0.3) is 0 Å². The van der Waals surface area contributed by atoms with Crippen LogP contribution in [0.2, 0.25) is 0 Å².